The Labute approximate surface area is 44.7 Å². The lowest BCUT2D eigenvalue weighted by atomic mass is 10.1. The minimum atomic E-state index is 0.0370. The van der Waals surface area contributed by atoms with E-state index in [1.165, 1.54) is 6.92 Å². The maximum absolute atomic E-state index is 11.9. The third-order valence-corrected chi connectivity index (χ3v) is 0.690. The van der Waals surface area contributed by atoms with Crippen molar-refractivity contribution in [3.8, 4) is 0 Å². The van der Waals surface area contributed by atoms with Crippen LogP contribution in [0.1, 0.15) is 27.2 Å². The van der Waals surface area contributed by atoms with Crippen LogP contribution >= 0.6 is 0 Å². The van der Waals surface area contributed by atoms with E-state index in [2.05, 4.69) is 0 Å². The van der Waals surface area contributed by atoms with Crippen molar-refractivity contribution in [2.24, 2.45) is 5.92 Å². The van der Waals surface area contributed by atoms with Gasteiger partial charge in [0.1, 0.15) is 6.17 Å². The van der Waals surface area contributed by atoms with Crippen molar-refractivity contribution in [3.63, 3.8) is 0 Å². The van der Waals surface area contributed by atoms with Gasteiger partial charge in [-0.1, -0.05) is 13.8 Å². The van der Waals surface area contributed by atoms with E-state index in [9.17, 15) is 4.39 Å². The zero-order chi connectivity index (χ0) is 5.86. The lowest BCUT2D eigenvalue weighted by Gasteiger charge is -2.01. The zero-order valence-corrected chi connectivity index (χ0v) is 5.16. The molecule has 0 rings (SSSR count). The van der Waals surface area contributed by atoms with Crippen molar-refractivity contribution in [1.82, 2.24) is 0 Å². The van der Waals surface area contributed by atoms with E-state index < -0.39 is 0 Å². The third-order valence-electron chi connectivity index (χ3n) is 0.690. The van der Waals surface area contributed by atoms with Crippen LogP contribution < -0.4 is 0 Å². The molecular weight excluding hydrogens is 91.1 g/mol. The maximum Gasteiger partial charge on any atom is 0.142 e. The van der Waals surface area contributed by atoms with Crippen LogP contribution in [0.15, 0.2) is 0 Å². The molecule has 0 atom stereocenters. The SMILES string of the molecule is C[C](F)CC(C)C. The summed E-state index contributed by atoms with van der Waals surface area (Å²) >= 11 is 0. The average Bonchev–Trinajstić information content (AvgIpc) is 1.27. The summed E-state index contributed by atoms with van der Waals surface area (Å²) in [7, 11) is 0. The van der Waals surface area contributed by atoms with Crippen molar-refractivity contribution in [2.75, 3.05) is 0 Å². The molecule has 0 aliphatic rings. The second-order valence-corrected chi connectivity index (χ2v) is 2.27. The molecule has 0 amide bonds. The standard InChI is InChI=1S/C6H12F/c1-5(2)4-6(3)7/h5H,4H2,1-3H3. The molecule has 0 unspecified atom stereocenters. The molecule has 0 saturated carbocycles. The quantitative estimate of drug-likeness (QED) is 0.503. The van der Waals surface area contributed by atoms with Gasteiger partial charge >= 0.3 is 0 Å². The molecule has 0 nitrogen and oxygen atoms in total. The summed E-state index contributed by atoms with van der Waals surface area (Å²) < 4.78 is 11.9. The Kier molecular flexibility index (Phi) is 2.97. The van der Waals surface area contributed by atoms with Gasteiger partial charge in [-0.3, -0.25) is 0 Å². The molecule has 0 N–H and O–H groups in total. The Morgan fingerprint density at radius 3 is 2.00 bits per heavy atom. The summed E-state index contributed by atoms with van der Waals surface area (Å²) in [5, 5.41) is 0. The Balaban J connectivity index is 2.95. The second-order valence-electron chi connectivity index (χ2n) is 2.27. The van der Waals surface area contributed by atoms with Gasteiger partial charge < -0.3 is 0 Å². The summed E-state index contributed by atoms with van der Waals surface area (Å²) in [4.78, 5) is 0. The first-order chi connectivity index (χ1) is 3.13. The van der Waals surface area contributed by atoms with Gasteiger partial charge in [-0.05, 0) is 19.3 Å². The lowest BCUT2D eigenvalue weighted by Crippen LogP contribution is -1.89. The van der Waals surface area contributed by atoms with Crippen LogP contribution in [0.3, 0.4) is 0 Å². The topological polar surface area (TPSA) is 0 Å². The molecule has 0 bridgehead atoms. The molecular formula is C6H12F. The summed E-state index contributed by atoms with van der Waals surface area (Å²) in [6, 6.07) is 0. The van der Waals surface area contributed by atoms with Crippen LogP contribution in [0.25, 0.3) is 0 Å². The smallest absolute Gasteiger partial charge is 0.142 e. The van der Waals surface area contributed by atoms with Gasteiger partial charge in [0.25, 0.3) is 0 Å². The Bertz CT molecular complexity index is 33.4. The number of rotatable bonds is 2. The molecule has 43 valence electrons. The summed E-state index contributed by atoms with van der Waals surface area (Å²) in [5.74, 6) is 0.463. The number of halogens is 1. The monoisotopic (exact) mass is 103 g/mol. The maximum atomic E-state index is 11.9. The molecule has 0 aromatic carbocycles. The predicted molar refractivity (Wildman–Crippen MR) is 29.5 cm³/mol. The minimum Gasteiger partial charge on any atom is -0.241 e. The fourth-order valence-corrected chi connectivity index (χ4v) is 0.563. The van der Waals surface area contributed by atoms with Crippen LogP contribution in [-0.2, 0) is 0 Å². The van der Waals surface area contributed by atoms with Crippen molar-refractivity contribution in [1.29, 1.82) is 0 Å². The Hall–Kier alpha value is -0.0700. The van der Waals surface area contributed by atoms with E-state index in [0.29, 0.717) is 12.3 Å². The largest absolute Gasteiger partial charge is 0.241 e. The minimum absolute atomic E-state index is 0.0370. The highest BCUT2D eigenvalue weighted by atomic mass is 19.1. The normalized spacial score (nSPS) is 11.1. The van der Waals surface area contributed by atoms with Crippen LogP contribution in [0.5, 0.6) is 0 Å². The van der Waals surface area contributed by atoms with Gasteiger partial charge in [-0.25, -0.2) is 4.39 Å². The van der Waals surface area contributed by atoms with Gasteiger partial charge in [-0.2, -0.15) is 0 Å². The van der Waals surface area contributed by atoms with E-state index in [1.807, 2.05) is 13.8 Å². The van der Waals surface area contributed by atoms with E-state index in [-0.39, 0.29) is 6.17 Å². The van der Waals surface area contributed by atoms with E-state index >= 15 is 0 Å². The van der Waals surface area contributed by atoms with E-state index in [4.69, 9.17) is 0 Å². The van der Waals surface area contributed by atoms with Crippen LogP contribution in [0, 0.1) is 12.1 Å². The van der Waals surface area contributed by atoms with E-state index in [1.54, 1.807) is 0 Å². The van der Waals surface area contributed by atoms with Gasteiger partial charge in [0.2, 0.25) is 0 Å². The van der Waals surface area contributed by atoms with Crippen LogP contribution in [0.4, 0.5) is 4.39 Å². The fraction of sp³-hybridized carbons (Fsp3) is 0.833. The van der Waals surface area contributed by atoms with Crippen LogP contribution in [-0.4, -0.2) is 0 Å². The van der Waals surface area contributed by atoms with E-state index in [0.717, 1.165) is 0 Å². The molecule has 0 fully saturated rings. The molecule has 0 aromatic rings. The first-order valence-electron chi connectivity index (χ1n) is 2.61. The molecule has 7 heavy (non-hydrogen) atoms. The third kappa shape index (κ3) is 5.93. The summed E-state index contributed by atoms with van der Waals surface area (Å²) in [6.45, 7) is 5.52. The predicted octanol–water partition coefficient (Wildman–Crippen LogP) is 2.55. The molecule has 1 radical (unpaired) electrons. The molecule has 0 saturated heterocycles. The van der Waals surface area contributed by atoms with Crippen molar-refractivity contribution >= 4 is 0 Å². The molecule has 0 aromatic heterocycles. The van der Waals surface area contributed by atoms with Gasteiger partial charge in [-0.15, -0.1) is 0 Å². The highest BCUT2D eigenvalue weighted by molar-refractivity contribution is 4.68. The van der Waals surface area contributed by atoms with Crippen LogP contribution in [0.2, 0.25) is 0 Å². The molecule has 0 heterocycles. The zero-order valence-electron chi connectivity index (χ0n) is 5.16. The van der Waals surface area contributed by atoms with Crippen molar-refractivity contribution in [3.05, 3.63) is 6.17 Å². The number of hydrogen-bond acceptors (Lipinski definition) is 0. The molecule has 0 aliphatic heterocycles. The lowest BCUT2D eigenvalue weighted by molar-refractivity contribution is 0.423. The Morgan fingerprint density at radius 1 is 1.57 bits per heavy atom. The van der Waals surface area contributed by atoms with Gasteiger partial charge in [0, 0.05) is 0 Å². The molecule has 0 aliphatic carbocycles. The van der Waals surface area contributed by atoms with Crippen molar-refractivity contribution < 1.29 is 4.39 Å². The highest BCUT2D eigenvalue weighted by Gasteiger charge is 2.00. The first kappa shape index (κ1) is 6.93. The van der Waals surface area contributed by atoms with Crippen molar-refractivity contribution in [2.45, 2.75) is 27.2 Å². The average molecular weight is 103 g/mol. The van der Waals surface area contributed by atoms with Gasteiger partial charge in [0.05, 0.1) is 0 Å². The molecule has 0 spiro atoms. The first-order valence-corrected chi connectivity index (χ1v) is 2.61. The summed E-state index contributed by atoms with van der Waals surface area (Å²) in [6.07, 6.45) is 0.648. The Morgan fingerprint density at radius 2 is 2.00 bits per heavy atom. The molecule has 1 heteroatoms. The second kappa shape index (κ2) is 3.00. The highest BCUT2D eigenvalue weighted by Crippen LogP contribution is 2.12. The van der Waals surface area contributed by atoms with Gasteiger partial charge in [0.15, 0.2) is 0 Å². The number of hydrogen-bond donors (Lipinski definition) is 0. The summed E-state index contributed by atoms with van der Waals surface area (Å²) in [5.41, 5.74) is 0. The fourth-order valence-electron chi connectivity index (χ4n) is 0.563.